The molecule has 0 aliphatic rings. The number of carbonyl (C=O) groups excluding carboxylic acids is 1. The largest absolute Gasteiger partial charge is 0.507 e. The Bertz CT molecular complexity index is 412. The van der Waals surface area contributed by atoms with Gasteiger partial charge in [-0.05, 0) is 18.6 Å². The third-order valence-electron chi connectivity index (χ3n) is 2.39. The van der Waals surface area contributed by atoms with Crippen LogP contribution in [-0.4, -0.2) is 28.3 Å². The zero-order valence-electron chi connectivity index (χ0n) is 9.95. The van der Waals surface area contributed by atoms with E-state index in [1.54, 1.807) is 12.1 Å². The highest BCUT2D eigenvalue weighted by Gasteiger charge is 2.14. The molecule has 0 aliphatic heterocycles. The van der Waals surface area contributed by atoms with Crippen molar-refractivity contribution in [2.24, 2.45) is 0 Å². The van der Waals surface area contributed by atoms with Crippen LogP contribution in [-0.2, 0) is 11.3 Å². The summed E-state index contributed by atoms with van der Waals surface area (Å²) in [6.07, 6.45) is 0.709. The molecule has 6 heteroatoms. The lowest BCUT2D eigenvalue weighted by Crippen LogP contribution is -2.30. The number of alkyl halides is 2. The number of nitrogens with one attached hydrogen (secondary N) is 1. The maximum atomic E-state index is 11.7. The highest BCUT2D eigenvalue weighted by Crippen LogP contribution is 2.23. The summed E-state index contributed by atoms with van der Waals surface area (Å²) in [7, 11) is 1.53. The summed E-state index contributed by atoms with van der Waals surface area (Å²) in [6.45, 7) is 0.291. The summed E-state index contributed by atoms with van der Waals surface area (Å²) in [5, 5.41) is 13.2. The molecule has 0 heterocycles. The van der Waals surface area contributed by atoms with Gasteiger partial charge in [0.05, 0.1) is 11.9 Å². The maximum Gasteiger partial charge on any atom is 0.234 e. The van der Waals surface area contributed by atoms with E-state index in [1.165, 1.54) is 13.2 Å². The predicted molar refractivity (Wildman–Crippen MR) is 77.6 cm³/mol. The smallest absolute Gasteiger partial charge is 0.234 e. The van der Waals surface area contributed by atoms with Crippen LogP contribution in [0, 0.1) is 0 Å². The number of methoxy groups -OCH3 is 1. The Hall–Kier alpha value is -0.750. The van der Waals surface area contributed by atoms with Gasteiger partial charge in [-0.2, -0.15) is 0 Å². The molecule has 18 heavy (non-hydrogen) atoms. The van der Waals surface area contributed by atoms with Crippen molar-refractivity contribution in [3.05, 3.63) is 23.8 Å². The number of benzene rings is 1. The van der Waals surface area contributed by atoms with Crippen molar-refractivity contribution in [2.75, 3.05) is 12.4 Å². The van der Waals surface area contributed by atoms with Gasteiger partial charge in [-0.25, -0.2) is 0 Å². The summed E-state index contributed by atoms with van der Waals surface area (Å²) in [5.74, 6) is 0.603. The number of carbonyl (C=O) groups is 1. The van der Waals surface area contributed by atoms with Gasteiger partial charge in [0.25, 0.3) is 0 Å². The van der Waals surface area contributed by atoms with E-state index in [4.69, 9.17) is 4.74 Å². The van der Waals surface area contributed by atoms with E-state index in [0.717, 1.165) is 5.33 Å². The molecule has 0 aliphatic carbocycles. The Morgan fingerprint density at radius 1 is 1.56 bits per heavy atom. The van der Waals surface area contributed by atoms with Gasteiger partial charge < -0.3 is 15.2 Å². The number of aromatic hydroxyl groups is 1. The second-order valence-electron chi connectivity index (χ2n) is 3.66. The van der Waals surface area contributed by atoms with Crippen LogP contribution in [0.2, 0.25) is 0 Å². The fourth-order valence-corrected chi connectivity index (χ4v) is 2.80. The summed E-state index contributed by atoms with van der Waals surface area (Å²) < 4.78 is 4.99. The Morgan fingerprint density at radius 2 is 2.28 bits per heavy atom. The average molecular weight is 381 g/mol. The van der Waals surface area contributed by atoms with E-state index >= 15 is 0 Å². The van der Waals surface area contributed by atoms with Gasteiger partial charge in [0, 0.05) is 23.5 Å². The normalized spacial score (nSPS) is 11.9. The van der Waals surface area contributed by atoms with Crippen LogP contribution in [0.4, 0.5) is 0 Å². The van der Waals surface area contributed by atoms with Crippen molar-refractivity contribution in [3.63, 3.8) is 0 Å². The van der Waals surface area contributed by atoms with Crippen molar-refractivity contribution in [2.45, 2.75) is 17.8 Å². The van der Waals surface area contributed by atoms with Crippen LogP contribution >= 0.6 is 31.9 Å². The van der Waals surface area contributed by atoms with Gasteiger partial charge in [-0.3, -0.25) is 4.79 Å². The molecule has 0 aromatic heterocycles. The molecule has 4 nitrogen and oxygen atoms in total. The second-order valence-corrected chi connectivity index (χ2v) is 5.56. The number of amides is 1. The first kappa shape index (κ1) is 15.3. The molecule has 1 unspecified atom stereocenters. The highest BCUT2D eigenvalue weighted by molar-refractivity contribution is 9.10. The molecule has 1 aromatic carbocycles. The standard InChI is InChI=1S/C12H15Br2NO3/c1-18-9-3-2-8(11(16)6-9)7-15-12(17)10(14)4-5-13/h2-3,6,10,16H,4-5,7H2,1H3,(H,15,17). The molecule has 0 radical (unpaired) electrons. The molecule has 1 rings (SSSR count). The molecule has 1 aromatic rings. The van der Waals surface area contributed by atoms with Crippen molar-refractivity contribution in [3.8, 4) is 11.5 Å². The van der Waals surface area contributed by atoms with E-state index in [2.05, 4.69) is 37.2 Å². The first-order chi connectivity index (χ1) is 8.58. The maximum absolute atomic E-state index is 11.7. The molecule has 0 fully saturated rings. The molecule has 0 saturated carbocycles. The molecule has 1 amide bonds. The molecular formula is C12H15Br2NO3. The third-order valence-corrected chi connectivity index (χ3v) is 3.72. The zero-order chi connectivity index (χ0) is 13.5. The first-order valence-electron chi connectivity index (χ1n) is 5.42. The highest BCUT2D eigenvalue weighted by atomic mass is 79.9. The number of hydrogen-bond acceptors (Lipinski definition) is 3. The van der Waals surface area contributed by atoms with Crippen LogP contribution in [0.25, 0.3) is 0 Å². The Morgan fingerprint density at radius 3 is 2.83 bits per heavy atom. The lowest BCUT2D eigenvalue weighted by molar-refractivity contribution is -0.120. The van der Waals surface area contributed by atoms with Crippen LogP contribution in [0.1, 0.15) is 12.0 Å². The number of phenolic OH excluding ortho intramolecular Hbond substituents is 1. The topological polar surface area (TPSA) is 58.6 Å². The van der Waals surface area contributed by atoms with E-state index in [0.29, 0.717) is 24.3 Å². The Balaban J connectivity index is 2.55. The van der Waals surface area contributed by atoms with Crippen molar-refractivity contribution in [1.82, 2.24) is 5.32 Å². The van der Waals surface area contributed by atoms with Crippen molar-refractivity contribution >= 4 is 37.8 Å². The van der Waals surface area contributed by atoms with E-state index in [9.17, 15) is 9.90 Å². The second kappa shape index (κ2) is 7.63. The van der Waals surface area contributed by atoms with Gasteiger partial charge in [-0.1, -0.05) is 31.9 Å². The molecular weight excluding hydrogens is 366 g/mol. The van der Waals surface area contributed by atoms with Gasteiger partial charge >= 0.3 is 0 Å². The Kier molecular flexibility index (Phi) is 6.49. The fourth-order valence-electron chi connectivity index (χ4n) is 1.34. The molecule has 0 bridgehead atoms. The quantitative estimate of drug-likeness (QED) is 0.745. The minimum Gasteiger partial charge on any atom is -0.507 e. The zero-order valence-corrected chi connectivity index (χ0v) is 13.1. The number of halogens is 2. The summed E-state index contributed by atoms with van der Waals surface area (Å²) in [4.78, 5) is 11.4. The van der Waals surface area contributed by atoms with Crippen LogP contribution in [0.3, 0.4) is 0 Å². The van der Waals surface area contributed by atoms with Crippen molar-refractivity contribution in [1.29, 1.82) is 0 Å². The van der Waals surface area contributed by atoms with Crippen LogP contribution in [0.5, 0.6) is 11.5 Å². The molecule has 100 valence electrons. The van der Waals surface area contributed by atoms with E-state index < -0.39 is 0 Å². The number of ether oxygens (including phenoxy) is 1. The lowest BCUT2D eigenvalue weighted by atomic mass is 10.2. The minimum atomic E-state index is -0.225. The monoisotopic (exact) mass is 379 g/mol. The number of hydrogen-bond donors (Lipinski definition) is 2. The van der Waals surface area contributed by atoms with Crippen LogP contribution in [0.15, 0.2) is 18.2 Å². The molecule has 0 spiro atoms. The average Bonchev–Trinajstić information content (AvgIpc) is 2.37. The van der Waals surface area contributed by atoms with Gasteiger partial charge in [0.15, 0.2) is 0 Å². The summed E-state index contributed by atoms with van der Waals surface area (Å²) in [5.41, 5.74) is 0.655. The number of rotatable bonds is 6. The van der Waals surface area contributed by atoms with Crippen molar-refractivity contribution < 1.29 is 14.6 Å². The SMILES string of the molecule is COc1ccc(CNC(=O)C(Br)CCBr)c(O)c1. The first-order valence-corrected chi connectivity index (χ1v) is 7.45. The van der Waals surface area contributed by atoms with Gasteiger partial charge in [-0.15, -0.1) is 0 Å². The van der Waals surface area contributed by atoms with Crippen LogP contribution < -0.4 is 10.1 Å². The molecule has 0 saturated heterocycles. The Labute approximate surface area is 123 Å². The number of phenols is 1. The minimum absolute atomic E-state index is 0.0929. The fraction of sp³-hybridized carbons (Fsp3) is 0.417. The molecule has 1 atom stereocenters. The summed E-state index contributed by atoms with van der Waals surface area (Å²) in [6, 6.07) is 4.99. The predicted octanol–water partition coefficient (Wildman–Crippen LogP) is 2.57. The lowest BCUT2D eigenvalue weighted by Gasteiger charge is -2.11. The van der Waals surface area contributed by atoms with Gasteiger partial charge in [0.2, 0.25) is 5.91 Å². The van der Waals surface area contributed by atoms with E-state index in [-0.39, 0.29) is 16.5 Å². The van der Waals surface area contributed by atoms with E-state index in [1.807, 2.05) is 0 Å². The van der Waals surface area contributed by atoms with Gasteiger partial charge in [0.1, 0.15) is 11.5 Å². The summed E-state index contributed by atoms with van der Waals surface area (Å²) >= 11 is 6.57. The third kappa shape index (κ3) is 4.49. The molecule has 2 N–H and O–H groups in total.